The standard InChI is InChI=1S/C12H21ClN2O/c1-4-5-11-10(8-16)12(13)15(14-11)7-6-9(2)3/h9,16H,4-8H2,1-3H3. The average molecular weight is 245 g/mol. The molecule has 0 spiro atoms. The fourth-order valence-corrected chi connectivity index (χ4v) is 1.94. The molecule has 0 radical (unpaired) electrons. The van der Waals surface area contributed by atoms with Gasteiger partial charge in [-0.25, -0.2) is 0 Å². The molecule has 0 atom stereocenters. The number of nitrogens with zero attached hydrogens (tertiary/aromatic N) is 2. The smallest absolute Gasteiger partial charge is 0.132 e. The van der Waals surface area contributed by atoms with Crippen LogP contribution in [-0.2, 0) is 19.6 Å². The lowest BCUT2D eigenvalue weighted by molar-refractivity contribution is 0.280. The molecule has 0 aliphatic heterocycles. The van der Waals surface area contributed by atoms with E-state index in [0.717, 1.165) is 37.1 Å². The predicted molar refractivity (Wildman–Crippen MR) is 66.6 cm³/mol. The minimum atomic E-state index is -0.0180. The molecule has 4 heteroatoms. The number of aryl methyl sites for hydroxylation is 2. The Labute approximate surface area is 102 Å². The second-order valence-corrected chi connectivity index (χ2v) is 4.89. The molecular formula is C12H21ClN2O. The van der Waals surface area contributed by atoms with Crippen LogP contribution in [0.1, 0.15) is 44.9 Å². The summed E-state index contributed by atoms with van der Waals surface area (Å²) >= 11 is 6.19. The topological polar surface area (TPSA) is 38.0 Å². The van der Waals surface area contributed by atoms with Gasteiger partial charge in [-0.2, -0.15) is 5.10 Å². The highest BCUT2D eigenvalue weighted by Gasteiger charge is 2.14. The molecule has 0 aromatic carbocycles. The fraction of sp³-hybridized carbons (Fsp3) is 0.750. The second kappa shape index (κ2) is 6.26. The first-order valence-corrected chi connectivity index (χ1v) is 6.32. The SMILES string of the molecule is CCCc1nn(CCC(C)C)c(Cl)c1CO. The van der Waals surface area contributed by atoms with E-state index in [1.165, 1.54) is 0 Å². The zero-order valence-corrected chi connectivity index (χ0v) is 11.1. The monoisotopic (exact) mass is 244 g/mol. The molecule has 1 N–H and O–H groups in total. The van der Waals surface area contributed by atoms with Crippen LogP contribution in [-0.4, -0.2) is 14.9 Å². The Bertz CT molecular complexity index is 334. The summed E-state index contributed by atoms with van der Waals surface area (Å²) in [5.74, 6) is 0.632. The van der Waals surface area contributed by atoms with Crippen molar-refractivity contribution in [3.8, 4) is 0 Å². The molecule has 0 saturated heterocycles. The van der Waals surface area contributed by atoms with Crippen LogP contribution in [0, 0.1) is 5.92 Å². The van der Waals surface area contributed by atoms with E-state index in [1.54, 1.807) is 0 Å². The zero-order valence-electron chi connectivity index (χ0n) is 10.3. The normalized spacial score (nSPS) is 11.4. The van der Waals surface area contributed by atoms with Crippen molar-refractivity contribution in [3.63, 3.8) is 0 Å². The molecule has 0 amide bonds. The third kappa shape index (κ3) is 3.22. The van der Waals surface area contributed by atoms with Crippen molar-refractivity contribution in [1.82, 2.24) is 9.78 Å². The summed E-state index contributed by atoms with van der Waals surface area (Å²) in [7, 11) is 0. The molecule has 0 aliphatic rings. The Kier molecular flexibility index (Phi) is 5.29. The number of hydrogen-bond donors (Lipinski definition) is 1. The largest absolute Gasteiger partial charge is 0.391 e. The molecule has 0 aliphatic carbocycles. The maximum absolute atomic E-state index is 9.28. The van der Waals surface area contributed by atoms with E-state index in [0.29, 0.717) is 11.1 Å². The number of aliphatic hydroxyl groups is 1. The van der Waals surface area contributed by atoms with Gasteiger partial charge in [0.25, 0.3) is 0 Å². The second-order valence-electron chi connectivity index (χ2n) is 4.53. The number of rotatable bonds is 6. The van der Waals surface area contributed by atoms with E-state index in [2.05, 4.69) is 25.9 Å². The lowest BCUT2D eigenvalue weighted by Gasteiger charge is -2.05. The van der Waals surface area contributed by atoms with Gasteiger partial charge in [0.15, 0.2) is 0 Å². The first kappa shape index (κ1) is 13.5. The lowest BCUT2D eigenvalue weighted by Crippen LogP contribution is -2.04. The Hall–Kier alpha value is -0.540. The molecule has 0 saturated carbocycles. The molecule has 3 nitrogen and oxygen atoms in total. The van der Waals surface area contributed by atoms with Crippen molar-refractivity contribution in [2.75, 3.05) is 0 Å². The van der Waals surface area contributed by atoms with Crippen molar-refractivity contribution in [1.29, 1.82) is 0 Å². The van der Waals surface area contributed by atoms with Crippen LogP contribution in [0.3, 0.4) is 0 Å². The summed E-state index contributed by atoms with van der Waals surface area (Å²) < 4.78 is 1.82. The molecule has 1 heterocycles. The first-order chi connectivity index (χ1) is 7.60. The van der Waals surface area contributed by atoms with Crippen LogP contribution in [0.25, 0.3) is 0 Å². The van der Waals surface area contributed by atoms with Gasteiger partial charge in [-0.1, -0.05) is 38.8 Å². The summed E-state index contributed by atoms with van der Waals surface area (Å²) in [6, 6.07) is 0. The Balaban J connectivity index is 2.84. The van der Waals surface area contributed by atoms with Gasteiger partial charge in [0.1, 0.15) is 5.15 Å². The molecule has 0 unspecified atom stereocenters. The van der Waals surface area contributed by atoms with Gasteiger partial charge in [-0.3, -0.25) is 4.68 Å². The van der Waals surface area contributed by atoms with E-state index < -0.39 is 0 Å². The number of aliphatic hydroxyl groups excluding tert-OH is 1. The van der Waals surface area contributed by atoms with E-state index in [9.17, 15) is 5.11 Å². The number of aromatic nitrogens is 2. The third-order valence-electron chi connectivity index (χ3n) is 2.63. The number of hydrogen-bond acceptors (Lipinski definition) is 2. The highest BCUT2D eigenvalue weighted by atomic mass is 35.5. The van der Waals surface area contributed by atoms with Gasteiger partial charge in [-0.05, 0) is 18.8 Å². The summed E-state index contributed by atoms with van der Waals surface area (Å²) in [6.07, 6.45) is 2.95. The third-order valence-corrected chi connectivity index (χ3v) is 3.05. The highest BCUT2D eigenvalue weighted by molar-refractivity contribution is 6.30. The zero-order chi connectivity index (χ0) is 12.1. The van der Waals surface area contributed by atoms with Crippen LogP contribution >= 0.6 is 11.6 Å². The minimum absolute atomic E-state index is 0.0180. The summed E-state index contributed by atoms with van der Waals surface area (Å²) in [5, 5.41) is 14.3. The van der Waals surface area contributed by atoms with Crippen molar-refractivity contribution in [2.45, 2.75) is 53.2 Å². The van der Waals surface area contributed by atoms with Gasteiger partial charge < -0.3 is 5.11 Å². The molecule has 16 heavy (non-hydrogen) atoms. The summed E-state index contributed by atoms with van der Waals surface area (Å²) in [5.41, 5.74) is 1.74. The van der Waals surface area contributed by atoms with E-state index >= 15 is 0 Å². The molecule has 0 fully saturated rings. The van der Waals surface area contributed by atoms with E-state index in [4.69, 9.17) is 11.6 Å². The van der Waals surface area contributed by atoms with Crippen LogP contribution in [0.5, 0.6) is 0 Å². The first-order valence-electron chi connectivity index (χ1n) is 5.95. The maximum Gasteiger partial charge on any atom is 0.132 e. The van der Waals surface area contributed by atoms with Gasteiger partial charge in [-0.15, -0.1) is 0 Å². The summed E-state index contributed by atoms with van der Waals surface area (Å²) in [6.45, 7) is 7.26. The van der Waals surface area contributed by atoms with Crippen LogP contribution in [0.4, 0.5) is 0 Å². The molecule has 1 aromatic rings. The van der Waals surface area contributed by atoms with Crippen molar-refractivity contribution < 1.29 is 5.11 Å². The van der Waals surface area contributed by atoms with Gasteiger partial charge in [0.2, 0.25) is 0 Å². The van der Waals surface area contributed by atoms with Crippen LogP contribution < -0.4 is 0 Å². The quantitative estimate of drug-likeness (QED) is 0.835. The van der Waals surface area contributed by atoms with Crippen molar-refractivity contribution in [2.24, 2.45) is 5.92 Å². The Morgan fingerprint density at radius 2 is 2.12 bits per heavy atom. The highest BCUT2D eigenvalue weighted by Crippen LogP contribution is 2.22. The maximum atomic E-state index is 9.28. The van der Waals surface area contributed by atoms with Crippen LogP contribution in [0.15, 0.2) is 0 Å². The average Bonchev–Trinajstić information content (AvgIpc) is 2.52. The van der Waals surface area contributed by atoms with E-state index in [1.807, 2.05) is 4.68 Å². The minimum Gasteiger partial charge on any atom is -0.391 e. The van der Waals surface area contributed by atoms with Gasteiger partial charge in [0, 0.05) is 12.1 Å². The van der Waals surface area contributed by atoms with E-state index in [-0.39, 0.29) is 6.61 Å². The molecule has 1 rings (SSSR count). The van der Waals surface area contributed by atoms with Gasteiger partial charge in [0.05, 0.1) is 12.3 Å². The molecular weight excluding hydrogens is 224 g/mol. The van der Waals surface area contributed by atoms with Gasteiger partial charge >= 0.3 is 0 Å². The molecule has 1 aromatic heterocycles. The predicted octanol–water partition coefficient (Wildman–Crippen LogP) is 3.03. The van der Waals surface area contributed by atoms with Crippen LogP contribution in [0.2, 0.25) is 5.15 Å². The van der Waals surface area contributed by atoms with Crippen molar-refractivity contribution in [3.05, 3.63) is 16.4 Å². The fourth-order valence-electron chi connectivity index (χ4n) is 1.65. The number of halogens is 1. The Morgan fingerprint density at radius 1 is 1.44 bits per heavy atom. The molecule has 0 bridgehead atoms. The molecule has 92 valence electrons. The van der Waals surface area contributed by atoms with Crippen molar-refractivity contribution >= 4 is 11.6 Å². The Morgan fingerprint density at radius 3 is 2.62 bits per heavy atom. The lowest BCUT2D eigenvalue weighted by atomic mass is 10.1. The summed E-state index contributed by atoms with van der Waals surface area (Å²) in [4.78, 5) is 0.